The van der Waals surface area contributed by atoms with E-state index in [-0.39, 0.29) is 5.91 Å². The summed E-state index contributed by atoms with van der Waals surface area (Å²) in [5.41, 5.74) is 4.35. The fourth-order valence-corrected chi connectivity index (χ4v) is 6.15. The van der Waals surface area contributed by atoms with Crippen LogP contribution in [0.5, 0.6) is 0 Å². The molecule has 0 aliphatic carbocycles. The van der Waals surface area contributed by atoms with E-state index in [2.05, 4.69) is 25.7 Å². The van der Waals surface area contributed by atoms with Gasteiger partial charge in [0.25, 0.3) is 5.91 Å². The fraction of sp³-hybridized carbons (Fsp3) is 0.619. The van der Waals surface area contributed by atoms with Crippen molar-refractivity contribution in [3.05, 3.63) is 38.4 Å². The summed E-state index contributed by atoms with van der Waals surface area (Å²) < 4.78 is 5.30. The van der Waals surface area contributed by atoms with Crippen molar-refractivity contribution in [3.63, 3.8) is 0 Å². The molecule has 6 heterocycles. The number of hydrogen-bond donors (Lipinski definition) is 1. The lowest BCUT2D eigenvalue weighted by molar-refractivity contribution is 0.0620. The smallest absolute Gasteiger partial charge is 0.252 e. The lowest BCUT2D eigenvalue weighted by atomic mass is 9.84. The predicted octanol–water partition coefficient (Wildman–Crippen LogP) is 2.74. The van der Waals surface area contributed by atoms with Gasteiger partial charge in [-0.15, -0.1) is 11.3 Å². The Balaban J connectivity index is 1.26. The van der Waals surface area contributed by atoms with Crippen LogP contribution in [0.1, 0.15) is 50.7 Å². The number of hydrogen-bond acceptors (Lipinski definition) is 6. The van der Waals surface area contributed by atoms with E-state index >= 15 is 0 Å². The number of rotatable bonds is 4. The van der Waals surface area contributed by atoms with Gasteiger partial charge >= 0.3 is 0 Å². The first-order valence-electron chi connectivity index (χ1n) is 10.3. The van der Waals surface area contributed by atoms with Crippen LogP contribution in [0.15, 0.2) is 9.90 Å². The zero-order valence-electron chi connectivity index (χ0n) is 16.7. The topological polar surface area (TPSA) is 61.6 Å². The van der Waals surface area contributed by atoms with Crippen molar-refractivity contribution in [1.82, 2.24) is 20.3 Å². The first kappa shape index (κ1) is 18.3. The van der Waals surface area contributed by atoms with Crippen LogP contribution >= 0.6 is 11.3 Å². The Morgan fingerprint density at radius 1 is 1.32 bits per heavy atom. The monoisotopic (exact) mass is 400 g/mol. The van der Waals surface area contributed by atoms with Gasteiger partial charge in [-0.25, -0.2) is 0 Å². The molecule has 4 aliphatic rings. The van der Waals surface area contributed by atoms with Crippen molar-refractivity contribution >= 4 is 17.2 Å². The number of carbonyl (C=O) groups is 1. The highest BCUT2D eigenvalue weighted by Crippen LogP contribution is 2.31. The molecule has 0 saturated carbocycles. The van der Waals surface area contributed by atoms with E-state index in [1.807, 2.05) is 13.8 Å². The van der Waals surface area contributed by atoms with Gasteiger partial charge in [0.2, 0.25) is 0 Å². The number of aryl methyl sites for hydroxylation is 2. The second-order valence-corrected chi connectivity index (χ2v) is 9.50. The molecule has 0 spiro atoms. The molecule has 2 aromatic heterocycles. The van der Waals surface area contributed by atoms with Gasteiger partial charge in [-0.05, 0) is 57.7 Å². The van der Waals surface area contributed by atoms with Crippen LogP contribution in [-0.2, 0) is 19.5 Å². The molecule has 2 bridgehead atoms. The van der Waals surface area contributed by atoms with Gasteiger partial charge in [0.15, 0.2) is 0 Å². The maximum Gasteiger partial charge on any atom is 0.252 e. The molecule has 0 aromatic carbocycles. The Labute approximate surface area is 169 Å². The normalized spacial score (nSPS) is 27.0. The van der Waals surface area contributed by atoms with E-state index in [0.717, 1.165) is 49.6 Å². The Hall–Kier alpha value is -1.70. The highest BCUT2D eigenvalue weighted by molar-refractivity contribution is 7.10. The minimum atomic E-state index is 0.135. The number of thiophene rings is 1. The van der Waals surface area contributed by atoms with E-state index in [9.17, 15) is 4.79 Å². The van der Waals surface area contributed by atoms with Crippen LogP contribution < -0.4 is 5.32 Å². The van der Waals surface area contributed by atoms with Crippen molar-refractivity contribution < 1.29 is 9.32 Å². The number of carbonyl (C=O) groups excluding carboxylic acids is 1. The van der Waals surface area contributed by atoms with Gasteiger partial charge in [0.1, 0.15) is 5.76 Å². The number of piperidine rings is 3. The van der Waals surface area contributed by atoms with Crippen molar-refractivity contribution in [2.45, 2.75) is 52.2 Å². The van der Waals surface area contributed by atoms with E-state index < -0.39 is 0 Å². The summed E-state index contributed by atoms with van der Waals surface area (Å²) in [6.45, 7) is 10.1. The minimum Gasteiger partial charge on any atom is -0.361 e. The third-order valence-corrected chi connectivity index (χ3v) is 7.82. The van der Waals surface area contributed by atoms with E-state index in [1.54, 1.807) is 11.3 Å². The van der Waals surface area contributed by atoms with Crippen LogP contribution in [0.25, 0.3) is 0 Å². The summed E-state index contributed by atoms with van der Waals surface area (Å²) in [5.74, 6) is 1.71. The SMILES string of the molecule is Cc1noc(C)c1CN1CCc2c(C(=O)N[C@@H]3CN4CCC3CC4)csc2C1. The Morgan fingerprint density at radius 3 is 2.82 bits per heavy atom. The summed E-state index contributed by atoms with van der Waals surface area (Å²) in [4.78, 5) is 19.2. The summed E-state index contributed by atoms with van der Waals surface area (Å²) >= 11 is 1.73. The van der Waals surface area contributed by atoms with Crippen molar-refractivity contribution in [3.8, 4) is 0 Å². The summed E-state index contributed by atoms with van der Waals surface area (Å²) in [5, 5.41) is 9.50. The molecule has 1 N–H and O–H groups in total. The fourth-order valence-electron chi connectivity index (χ4n) is 5.03. The molecule has 1 amide bonds. The van der Waals surface area contributed by atoms with Crippen molar-refractivity contribution in [2.24, 2.45) is 5.92 Å². The van der Waals surface area contributed by atoms with E-state index in [0.29, 0.717) is 12.0 Å². The van der Waals surface area contributed by atoms with Crippen LogP contribution in [0.4, 0.5) is 0 Å². The van der Waals surface area contributed by atoms with Crippen molar-refractivity contribution in [2.75, 3.05) is 26.2 Å². The number of nitrogens with zero attached hydrogens (tertiary/aromatic N) is 3. The van der Waals surface area contributed by atoms with Crippen molar-refractivity contribution in [1.29, 1.82) is 0 Å². The minimum absolute atomic E-state index is 0.135. The molecular weight excluding hydrogens is 372 g/mol. The Bertz CT molecular complexity index is 862. The number of aromatic nitrogens is 1. The molecule has 3 fully saturated rings. The molecule has 1 atom stereocenters. The van der Waals surface area contributed by atoms with Gasteiger partial charge in [0.05, 0.1) is 11.3 Å². The number of fused-ring (bicyclic) bond motifs is 4. The van der Waals surface area contributed by atoms with Gasteiger partial charge in [-0.1, -0.05) is 5.16 Å². The highest BCUT2D eigenvalue weighted by Gasteiger charge is 2.35. The molecule has 6 rings (SSSR count). The summed E-state index contributed by atoms with van der Waals surface area (Å²) in [6, 6.07) is 0.324. The molecule has 150 valence electrons. The second-order valence-electron chi connectivity index (χ2n) is 8.53. The molecule has 28 heavy (non-hydrogen) atoms. The molecule has 7 heteroatoms. The number of nitrogens with one attached hydrogen (secondary N) is 1. The standard InChI is InChI=1S/C21H28N4O2S/c1-13-17(14(2)27-23-13)9-25-8-5-16-18(12-28-20(16)11-25)21(26)22-19-10-24-6-3-15(19)4-7-24/h12,15,19H,3-11H2,1-2H3,(H,22,26)/t19-/m1/s1. The van der Waals surface area contributed by atoms with Gasteiger partial charge in [0, 0.05) is 48.0 Å². The molecule has 3 saturated heterocycles. The van der Waals surface area contributed by atoms with Gasteiger partial charge in [-0.3, -0.25) is 9.69 Å². The van der Waals surface area contributed by atoms with Crippen LogP contribution in [0, 0.1) is 19.8 Å². The maximum atomic E-state index is 13.0. The van der Waals surface area contributed by atoms with E-state index in [4.69, 9.17) is 4.52 Å². The molecule has 2 aromatic rings. The van der Waals surface area contributed by atoms with Gasteiger partial charge < -0.3 is 14.7 Å². The third kappa shape index (κ3) is 3.29. The van der Waals surface area contributed by atoms with Gasteiger partial charge in [-0.2, -0.15) is 0 Å². The summed E-state index contributed by atoms with van der Waals surface area (Å²) in [7, 11) is 0. The first-order chi connectivity index (χ1) is 13.6. The molecule has 0 unspecified atom stereocenters. The second kappa shape index (κ2) is 7.28. The predicted molar refractivity (Wildman–Crippen MR) is 109 cm³/mol. The maximum absolute atomic E-state index is 13.0. The quantitative estimate of drug-likeness (QED) is 0.855. The first-order valence-corrected chi connectivity index (χ1v) is 11.2. The molecule has 6 nitrogen and oxygen atoms in total. The lowest BCUT2D eigenvalue weighted by Crippen LogP contribution is -2.57. The Morgan fingerprint density at radius 2 is 2.14 bits per heavy atom. The highest BCUT2D eigenvalue weighted by atomic mass is 32.1. The van der Waals surface area contributed by atoms with E-state index in [1.165, 1.54) is 41.9 Å². The van der Waals surface area contributed by atoms with Crippen LogP contribution in [0.2, 0.25) is 0 Å². The zero-order chi connectivity index (χ0) is 19.3. The lowest BCUT2D eigenvalue weighted by Gasteiger charge is -2.44. The number of amides is 1. The van der Waals surface area contributed by atoms with Crippen LogP contribution in [-0.4, -0.2) is 53.1 Å². The largest absolute Gasteiger partial charge is 0.361 e. The molecule has 0 radical (unpaired) electrons. The third-order valence-electron chi connectivity index (χ3n) is 6.81. The Kier molecular flexibility index (Phi) is 4.77. The average molecular weight is 401 g/mol. The average Bonchev–Trinajstić information content (AvgIpc) is 3.27. The zero-order valence-corrected chi connectivity index (χ0v) is 17.5. The molecule has 4 aliphatic heterocycles. The molecular formula is C21H28N4O2S. The summed E-state index contributed by atoms with van der Waals surface area (Å²) in [6.07, 6.45) is 3.39. The van der Waals surface area contributed by atoms with Crippen LogP contribution in [0.3, 0.4) is 0 Å².